The normalized spacial score (nSPS) is 39.9. The minimum atomic E-state index is -1.75. The minimum absolute atomic E-state index is 0.746. The Morgan fingerprint density at radius 1 is 0.645 bits per heavy atom. The summed E-state index contributed by atoms with van der Waals surface area (Å²) in [6.45, 7) is 16.1. The number of hydrogen-bond acceptors (Lipinski definition) is 3. The lowest BCUT2D eigenvalue weighted by Gasteiger charge is -2.47. The molecule has 0 aromatic carbocycles. The Morgan fingerprint density at radius 2 is 1.06 bits per heavy atom. The minimum Gasteiger partial charge on any atom is -0.501 e. The lowest BCUT2D eigenvalue weighted by atomic mass is 9.89. The first-order valence-corrected chi connectivity index (χ1v) is 18.9. The molecule has 4 fully saturated rings. The van der Waals surface area contributed by atoms with E-state index in [1.54, 1.807) is 0 Å². The van der Waals surface area contributed by atoms with Crippen LogP contribution in [0.1, 0.15) is 52.4 Å². The van der Waals surface area contributed by atoms with E-state index in [0.29, 0.717) is 0 Å². The fourth-order valence-corrected chi connectivity index (χ4v) is 19.7. The molecule has 4 bridgehead atoms. The molecule has 0 spiro atoms. The Morgan fingerprint density at radius 3 is 1.42 bits per heavy atom. The molecule has 0 N–H and O–H groups in total. The monoisotopic (exact) mass is 462 g/mol. The van der Waals surface area contributed by atoms with E-state index in [1.807, 2.05) is 38.5 Å². The molecular formula is C26H46O3Si2. The van der Waals surface area contributed by atoms with E-state index in [2.05, 4.69) is 26.2 Å². The van der Waals surface area contributed by atoms with Crippen molar-refractivity contribution in [2.24, 2.45) is 35.5 Å². The van der Waals surface area contributed by atoms with Crippen molar-refractivity contribution < 1.29 is 13.6 Å². The van der Waals surface area contributed by atoms with Crippen LogP contribution in [-0.2, 0) is 13.6 Å². The van der Waals surface area contributed by atoms with Crippen molar-refractivity contribution in [1.29, 1.82) is 0 Å². The molecule has 0 aromatic heterocycles. The quantitative estimate of drug-likeness (QED) is 0.251. The van der Waals surface area contributed by atoms with E-state index in [1.165, 1.54) is 38.5 Å². The van der Waals surface area contributed by atoms with Gasteiger partial charge in [0.25, 0.3) is 0 Å². The molecule has 4 saturated carbocycles. The molecule has 31 heavy (non-hydrogen) atoms. The smallest absolute Gasteiger partial charge is 0.176 e. The molecule has 0 aliphatic heterocycles. The molecule has 0 aromatic rings. The number of ether oxygens (including phenoxy) is 2. The topological polar surface area (TPSA) is 27.7 Å². The molecule has 0 radical (unpaired) electrons. The predicted octanol–water partition coefficient (Wildman–Crippen LogP) is 7.35. The second kappa shape index (κ2) is 9.38. The molecule has 8 atom stereocenters. The van der Waals surface area contributed by atoms with Gasteiger partial charge in [0.15, 0.2) is 16.6 Å². The van der Waals surface area contributed by atoms with Crippen LogP contribution in [0.15, 0.2) is 24.7 Å². The molecule has 176 valence electrons. The third kappa shape index (κ3) is 4.89. The van der Waals surface area contributed by atoms with Gasteiger partial charge in [-0.15, -0.1) is 0 Å². The van der Waals surface area contributed by atoms with Gasteiger partial charge in [-0.2, -0.15) is 0 Å². The standard InChI is InChI=1S/C26H46O3Si2/c1-7-9-27-17-21-11-19-13-23(21)25(15-19)30(3,4)29-31(5,6)26-16-20-12-22(24(26)14-20)18-28-10-8-2/h7-10,19-26H,11-18H2,1-6H3/b9-7+,10-8+/t19-,20+,21?,22?,23-,24+,25?,26?. The van der Waals surface area contributed by atoms with Gasteiger partial charge in [-0.05, 0) is 125 Å². The maximum atomic E-state index is 7.41. The summed E-state index contributed by atoms with van der Waals surface area (Å²) < 4.78 is 19.1. The Hall–Kier alpha value is -0.526. The van der Waals surface area contributed by atoms with E-state index in [-0.39, 0.29) is 0 Å². The highest BCUT2D eigenvalue weighted by Gasteiger charge is 2.57. The molecule has 3 nitrogen and oxygen atoms in total. The summed E-state index contributed by atoms with van der Waals surface area (Å²) in [6, 6.07) is 0. The zero-order chi connectivity index (χ0) is 22.2. The summed E-state index contributed by atoms with van der Waals surface area (Å²) in [5, 5.41) is 0. The summed E-state index contributed by atoms with van der Waals surface area (Å²) >= 11 is 0. The molecule has 4 aliphatic carbocycles. The Bertz CT molecular complexity index is 618. The van der Waals surface area contributed by atoms with Crippen LogP contribution in [0.4, 0.5) is 0 Å². The van der Waals surface area contributed by atoms with Gasteiger partial charge < -0.3 is 13.6 Å². The van der Waals surface area contributed by atoms with Gasteiger partial charge in [-0.1, -0.05) is 12.2 Å². The summed E-state index contributed by atoms with van der Waals surface area (Å²) in [5.74, 6) is 5.01. The van der Waals surface area contributed by atoms with Crippen LogP contribution in [0.3, 0.4) is 0 Å². The molecule has 4 unspecified atom stereocenters. The van der Waals surface area contributed by atoms with Gasteiger partial charge >= 0.3 is 0 Å². The summed E-state index contributed by atoms with van der Waals surface area (Å²) in [4.78, 5) is 0. The van der Waals surface area contributed by atoms with E-state index in [0.717, 1.165) is 59.8 Å². The van der Waals surface area contributed by atoms with Gasteiger partial charge in [0, 0.05) is 0 Å². The maximum Gasteiger partial charge on any atom is 0.176 e. The third-order valence-corrected chi connectivity index (χ3v) is 18.4. The van der Waals surface area contributed by atoms with Crippen molar-refractivity contribution >= 4 is 16.6 Å². The predicted molar refractivity (Wildman–Crippen MR) is 134 cm³/mol. The van der Waals surface area contributed by atoms with Gasteiger partial charge in [-0.25, -0.2) is 0 Å². The van der Waals surface area contributed by atoms with E-state index in [4.69, 9.17) is 13.6 Å². The third-order valence-electron chi connectivity index (χ3n) is 9.30. The molecule has 0 heterocycles. The average molecular weight is 463 g/mol. The van der Waals surface area contributed by atoms with E-state index in [9.17, 15) is 0 Å². The van der Waals surface area contributed by atoms with E-state index < -0.39 is 16.6 Å². The lowest BCUT2D eigenvalue weighted by Crippen LogP contribution is -2.53. The molecule has 5 heteroatoms. The fourth-order valence-electron chi connectivity index (χ4n) is 8.35. The number of hydrogen-bond donors (Lipinski definition) is 0. The largest absolute Gasteiger partial charge is 0.501 e. The second-order valence-electron chi connectivity index (χ2n) is 12.1. The van der Waals surface area contributed by atoms with Crippen molar-refractivity contribution in [2.75, 3.05) is 13.2 Å². The first-order chi connectivity index (χ1) is 14.7. The van der Waals surface area contributed by atoms with Crippen molar-refractivity contribution in [3.63, 3.8) is 0 Å². The SMILES string of the molecule is C/C=C/OCC1C[C@H]2CC([Si](C)(C)O[Si](C)(C)C3C[C@H]4CC(CO/C=C/C)[C@@H]3C4)[C@@H]1C2. The van der Waals surface area contributed by atoms with Crippen LogP contribution in [0.5, 0.6) is 0 Å². The second-order valence-corrected chi connectivity index (χ2v) is 20.8. The van der Waals surface area contributed by atoms with Crippen molar-refractivity contribution in [3.8, 4) is 0 Å². The van der Waals surface area contributed by atoms with Crippen LogP contribution in [-0.4, -0.2) is 29.8 Å². The van der Waals surface area contributed by atoms with Crippen molar-refractivity contribution in [3.05, 3.63) is 24.7 Å². The number of allylic oxidation sites excluding steroid dienone is 2. The van der Waals surface area contributed by atoms with Crippen LogP contribution in [0.2, 0.25) is 37.3 Å². The Kier molecular flexibility index (Phi) is 7.15. The summed E-state index contributed by atoms with van der Waals surface area (Å²) in [6.07, 6.45) is 16.2. The van der Waals surface area contributed by atoms with Crippen LogP contribution < -0.4 is 0 Å². The molecule has 4 aliphatic rings. The first kappa shape index (κ1) is 23.6. The number of rotatable bonds is 10. The first-order valence-electron chi connectivity index (χ1n) is 12.9. The lowest BCUT2D eigenvalue weighted by molar-refractivity contribution is 0.148. The fraction of sp³-hybridized carbons (Fsp3) is 0.846. The molecule has 0 amide bonds. The van der Waals surface area contributed by atoms with Crippen molar-refractivity contribution in [1.82, 2.24) is 0 Å². The maximum absolute atomic E-state index is 7.41. The summed E-state index contributed by atoms with van der Waals surface area (Å²) in [5.41, 5.74) is 1.65. The Balaban J connectivity index is 1.39. The van der Waals surface area contributed by atoms with Crippen LogP contribution >= 0.6 is 0 Å². The van der Waals surface area contributed by atoms with Gasteiger partial charge in [0.1, 0.15) is 0 Å². The zero-order valence-corrected chi connectivity index (χ0v) is 22.8. The molecular weight excluding hydrogens is 416 g/mol. The van der Waals surface area contributed by atoms with Crippen molar-refractivity contribution in [2.45, 2.75) is 89.6 Å². The number of fused-ring (bicyclic) bond motifs is 4. The molecule has 0 saturated heterocycles. The molecule has 4 rings (SSSR count). The summed E-state index contributed by atoms with van der Waals surface area (Å²) in [7, 11) is -3.50. The van der Waals surface area contributed by atoms with Gasteiger partial charge in [0.2, 0.25) is 0 Å². The Labute approximate surface area is 193 Å². The van der Waals surface area contributed by atoms with Gasteiger partial charge in [-0.3, -0.25) is 0 Å². The van der Waals surface area contributed by atoms with Gasteiger partial charge in [0.05, 0.1) is 25.7 Å². The van der Waals surface area contributed by atoms with Crippen LogP contribution in [0, 0.1) is 35.5 Å². The van der Waals surface area contributed by atoms with E-state index >= 15 is 0 Å². The zero-order valence-electron chi connectivity index (χ0n) is 20.8. The van der Waals surface area contributed by atoms with Crippen LogP contribution in [0.25, 0.3) is 0 Å². The highest BCUT2D eigenvalue weighted by atomic mass is 28.4. The highest BCUT2D eigenvalue weighted by molar-refractivity contribution is 6.86. The highest BCUT2D eigenvalue weighted by Crippen LogP contribution is 2.61. The average Bonchev–Trinajstić information content (AvgIpc) is 3.47.